The molecule has 1 N–H and O–H groups in total. The van der Waals surface area contributed by atoms with Crippen molar-refractivity contribution in [3.05, 3.63) is 27.2 Å². The highest BCUT2D eigenvalue weighted by Crippen LogP contribution is 2.37. The van der Waals surface area contributed by atoms with E-state index >= 15 is 0 Å². The van der Waals surface area contributed by atoms with Crippen molar-refractivity contribution in [2.24, 2.45) is 0 Å². The fourth-order valence-corrected chi connectivity index (χ4v) is 4.08. The number of rotatable bonds is 5. The molecule has 0 saturated heterocycles. The highest BCUT2D eigenvalue weighted by Gasteiger charge is 2.31. The first-order valence-electron chi connectivity index (χ1n) is 7.05. The van der Waals surface area contributed by atoms with E-state index in [9.17, 15) is 4.79 Å². The molecule has 1 atom stereocenters. The Morgan fingerprint density at radius 3 is 3.24 bits per heavy atom. The maximum absolute atomic E-state index is 12.0. The van der Waals surface area contributed by atoms with Crippen LogP contribution in [0.4, 0.5) is 5.13 Å². The van der Waals surface area contributed by atoms with Crippen LogP contribution in [0.3, 0.4) is 0 Å². The van der Waals surface area contributed by atoms with Gasteiger partial charge in [-0.1, -0.05) is 0 Å². The number of ether oxygens (including phenoxy) is 1. The molecule has 0 bridgehead atoms. The molecule has 2 aromatic rings. The van der Waals surface area contributed by atoms with Crippen LogP contribution in [0.2, 0.25) is 0 Å². The molecular formula is C14H17N3O2S2. The van der Waals surface area contributed by atoms with E-state index in [0.717, 1.165) is 35.8 Å². The Kier molecular flexibility index (Phi) is 4.50. The van der Waals surface area contributed by atoms with Gasteiger partial charge in [0.25, 0.3) is 0 Å². The minimum Gasteiger partial charge on any atom is -0.465 e. The molecule has 0 aromatic carbocycles. The minimum atomic E-state index is -0.195. The topological polar surface area (TPSA) is 64.1 Å². The summed E-state index contributed by atoms with van der Waals surface area (Å²) in [5, 5.41) is 6.18. The molecule has 0 aliphatic heterocycles. The predicted octanol–water partition coefficient (Wildman–Crippen LogP) is 3.19. The summed E-state index contributed by atoms with van der Waals surface area (Å²) < 4.78 is 5.16. The first-order valence-corrected chi connectivity index (χ1v) is 8.81. The van der Waals surface area contributed by atoms with Crippen molar-refractivity contribution in [3.63, 3.8) is 0 Å². The van der Waals surface area contributed by atoms with E-state index in [-0.39, 0.29) is 11.9 Å². The Morgan fingerprint density at radius 1 is 1.57 bits per heavy atom. The van der Waals surface area contributed by atoms with Gasteiger partial charge in [-0.05, 0) is 26.2 Å². The average molecular weight is 323 g/mol. The lowest BCUT2D eigenvalue weighted by atomic mass is 9.91. The molecular weight excluding hydrogens is 306 g/mol. The lowest BCUT2D eigenvalue weighted by molar-refractivity contribution is -0.145. The lowest BCUT2D eigenvalue weighted by Crippen LogP contribution is -2.20. The standard InChI is InChI=1S/C14H17N3O2S2/c1-2-19-13(18)10-4-3-5-11-12(10)17-14(21-11)15-6-9-7-20-8-16-9/h7-8,10H,2-6H2,1H3,(H,15,17). The van der Waals surface area contributed by atoms with Crippen molar-refractivity contribution < 1.29 is 9.53 Å². The number of esters is 1. The Labute approximate surface area is 131 Å². The maximum Gasteiger partial charge on any atom is 0.315 e. The summed E-state index contributed by atoms with van der Waals surface area (Å²) in [6.45, 7) is 2.92. The first-order chi connectivity index (χ1) is 10.3. The summed E-state index contributed by atoms with van der Waals surface area (Å²) in [6.07, 6.45) is 2.85. The molecule has 0 spiro atoms. The molecule has 2 aromatic heterocycles. The monoisotopic (exact) mass is 323 g/mol. The number of carbonyl (C=O) groups excluding carboxylic acids is 1. The third-order valence-corrected chi connectivity index (χ3v) is 5.15. The first kappa shape index (κ1) is 14.5. The van der Waals surface area contributed by atoms with Gasteiger partial charge in [0.1, 0.15) is 5.92 Å². The van der Waals surface area contributed by atoms with Gasteiger partial charge in [0.15, 0.2) is 5.13 Å². The Morgan fingerprint density at radius 2 is 2.48 bits per heavy atom. The van der Waals surface area contributed by atoms with Gasteiger partial charge >= 0.3 is 5.97 Å². The fraction of sp³-hybridized carbons (Fsp3) is 0.500. The van der Waals surface area contributed by atoms with Crippen LogP contribution in [-0.4, -0.2) is 22.5 Å². The normalized spacial score (nSPS) is 17.3. The van der Waals surface area contributed by atoms with Gasteiger partial charge in [0.05, 0.1) is 30.1 Å². The number of thiazole rings is 2. The second-order valence-corrected chi connectivity index (χ2v) is 6.66. The number of aromatic nitrogens is 2. The number of hydrogen-bond acceptors (Lipinski definition) is 7. The van der Waals surface area contributed by atoms with Gasteiger partial charge in [-0.2, -0.15) is 0 Å². The van der Waals surface area contributed by atoms with Crippen LogP contribution < -0.4 is 5.32 Å². The molecule has 1 aliphatic rings. The van der Waals surface area contributed by atoms with Crippen molar-refractivity contribution in [1.82, 2.24) is 9.97 Å². The molecule has 1 aliphatic carbocycles. The zero-order chi connectivity index (χ0) is 14.7. The predicted molar refractivity (Wildman–Crippen MR) is 83.9 cm³/mol. The summed E-state index contributed by atoms with van der Waals surface area (Å²) in [5.41, 5.74) is 3.74. The third kappa shape index (κ3) is 3.24. The molecule has 112 valence electrons. The highest BCUT2D eigenvalue weighted by molar-refractivity contribution is 7.15. The molecule has 2 heterocycles. The Bertz CT molecular complexity index is 610. The van der Waals surface area contributed by atoms with Crippen molar-refractivity contribution in [2.45, 2.75) is 38.6 Å². The zero-order valence-electron chi connectivity index (χ0n) is 11.8. The van der Waals surface area contributed by atoms with E-state index in [1.165, 1.54) is 4.88 Å². The van der Waals surface area contributed by atoms with Crippen LogP contribution >= 0.6 is 22.7 Å². The fourth-order valence-electron chi connectivity index (χ4n) is 2.46. The van der Waals surface area contributed by atoms with Gasteiger partial charge in [-0.15, -0.1) is 22.7 Å². The molecule has 0 amide bonds. The quantitative estimate of drug-likeness (QED) is 0.856. The van der Waals surface area contributed by atoms with E-state index in [1.807, 2.05) is 17.8 Å². The zero-order valence-corrected chi connectivity index (χ0v) is 13.4. The van der Waals surface area contributed by atoms with Crippen LogP contribution in [0.15, 0.2) is 10.9 Å². The second kappa shape index (κ2) is 6.53. The minimum absolute atomic E-state index is 0.144. The van der Waals surface area contributed by atoms with Crippen molar-refractivity contribution in [2.75, 3.05) is 11.9 Å². The van der Waals surface area contributed by atoms with Crippen LogP contribution in [0.5, 0.6) is 0 Å². The van der Waals surface area contributed by atoms with E-state index in [2.05, 4.69) is 15.3 Å². The van der Waals surface area contributed by atoms with Gasteiger partial charge in [-0.3, -0.25) is 4.79 Å². The molecule has 7 heteroatoms. The van der Waals surface area contributed by atoms with Crippen molar-refractivity contribution >= 4 is 33.8 Å². The molecule has 3 rings (SSSR count). The van der Waals surface area contributed by atoms with E-state index in [1.54, 1.807) is 22.7 Å². The number of nitrogens with zero attached hydrogens (tertiary/aromatic N) is 2. The number of aryl methyl sites for hydroxylation is 1. The van der Waals surface area contributed by atoms with Crippen LogP contribution in [0.25, 0.3) is 0 Å². The molecule has 0 fully saturated rings. The summed E-state index contributed by atoms with van der Waals surface area (Å²) >= 11 is 3.22. The molecule has 0 saturated carbocycles. The van der Waals surface area contributed by atoms with Gasteiger partial charge in [0.2, 0.25) is 0 Å². The number of hydrogen-bond donors (Lipinski definition) is 1. The Balaban J connectivity index is 1.73. The van der Waals surface area contributed by atoms with Gasteiger partial charge in [-0.25, -0.2) is 9.97 Å². The highest BCUT2D eigenvalue weighted by atomic mass is 32.1. The van der Waals surface area contributed by atoms with Crippen LogP contribution in [0, 0.1) is 0 Å². The summed E-state index contributed by atoms with van der Waals surface area (Å²) in [4.78, 5) is 22.1. The second-order valence-electron chi connectivity index (χ2n) is 4.86. The number of nitrogens with one attached hydrogen (secondary N) is 1. The summed E-state index contributed by atoms with van der Waals surface area (Å²) in [6, 6.07) is 0. The van der Waals surface area contributed by atoms with Crippen LogP contribution in [0.1, 0.15) is 41.9 Å². The van der Waals surface area contributed by atoms with E-state index in [0.29, 0.717) is 13.2 Å². The molecule has 1 unspecified atom stereocenters. The van der Waals surface area contributed by atoms with Crippen molar-refractivity contribution in [3.8, 4) is 0 Å². The molecule has 0 radical (unpaired) electrons. The number of carbonyl (C=O) groups is 1. The molecule has 5 nitrogen and oxygen atoms in total. The van der Waals surface area contributed by atoms with Crippen molar-refractivity contribution in [1.29, 1.82) is 0 Å². The largest absolute Gasteiger partial charge is 0.465 e. The van der Waals surface area contributed by atoms with E-state index < -0.39 is 0 Å². The van der Waals surface area contributed by atoms with Gasteiger partial charge in [0, 0.05) is 10.3 Å². The smallest absolute Gasteiger partial charge is 0.315 e. The number of anilines is 1. The molecule has 21 heavy (non-hydrogen) atoms. The Hall–Kier alpha value is -1.47. The maximum atomic E-state index is 12.0. The summed E-state index contributed by atoms with van der Waals surface area (Å²) in [5.74, 6) is -0.338. The number of fused-ring (bicyclic) bond motifs is 1. The van der Waals surface area contributed by atoms with Gasteiger partial charge < -0.3 is 10.1 Å². The SMILES string of the molecule is CCOC(=O)C1CCCc2sc(NCc3cscn3)nc21. The third-order valence-electron chi connectivity index (χ3n) is 3.43. The lowest BCUT2D eigenvalue weighted by Gasteiger charge is -2.19. The summed E-state index contributed by atoms with van der Waals surface area (Å²) in [7, 11) is 0. The van der Waals surface area contributed by atoms with E-state index in [4.69, 9.17) is 4.74 Å². The van der Waals surface area contributed by atoms with Crippen LogP contribution in [-0.2, 0) is 22.5 Å². The average Bonchev–Trinajstić information content (AvgIpc) is 3.13.